The van der Waals surface area contributed by atoms with E-state index in [1.54, 1.807) is 18.2 Å². The monoisotopic (exact) mass is 455 g/mol. The maximum Gasteiger partial charge on any atom is 0.437 e. The minimum Gasteiger partial charge on any atom is -0.452 e. The molecule has 0 saturated heterocycles. The summed E-state index contributed by atoms with van der Waals surface area (Å²) >= 11 is 13.2. The van der Waals surface area contributed by atoms with Gasteiger partial charge >= 0.3 is 11.7 Å². The van der Waals surface area contributed by atoms with Gasteiger partial charge in [0.15, 0.2) is 6.10 Å². The Hall–Kier alpha value is -2.62. The molecule has 0 radical (unpaired) electrons. The number of amides is 1. The molecule has 3 rings (SSSR count). The standard InChI is InChI=1S/C18H15Cl2N3O5S/c1-10(16(25)21-13-9-11(19)4-5-12(13)20)27-15(24)6-7-23-18(26)28-17(22-23)14-3-2-8-29-14/h2-5,8-10H,6-7H2,1H3,(H,21,25). The number of thiophene rings is 1. The maximum atomic E-state index is 12.2. The SMILES string of the molecule is CC(OC(=O)CCn1nc(-c2cccs2)oc1=O)C(=O)Nc1cc(Cl)ccc1Cl. The number of aryl methyl sites for hydroxylation is 1. The summed E-state index contributed by atoms with van der Waals surface area (Å²) in [6.45, 7) is 1.38. The van der Waals surface area contributed by atoms with E-state index in [1.165, 1.54) is 30.4 Å². The van der Waals surface area contributed by atoms with Gasteiger partial charge in [0.1, 0.15) is 0 Å². The number of rotatable bonds is 7. The first-order valence-corrected chi connectivity index (χ1v) is 10.0. The molecule has 0 spiro atoms. The Morgan fingerprint density at radius 2 is 2.14 bits per heavy atom. The average Bonchev–Trinajstić information content (AvgIpc) is 3.32. The fourth-order valence-electron chi connectivity index (χ4n) is 2.28. The number of halogens is 2. The van der Waals surface area contributed by atoms with Gasteiger partial charge in [-0.1, -0.05) is 29.3 Å². The van der Waals surface area contributed by atoms with Gasteiger partial charge in [-0.3, -0.25) is 9.59 Å². The molecule has 29 heavy (non-hydrogen) atoms. The smallest absolute Gasteiger partial charge is 0.437 e. The van der Waals surface area contributed by atoms with Crippen molar-refractivity contribution in [2.75, 3.05) is 5.32 Å². The molecule has 1 aromatic carbocycles. The molecule has 0 saturated carbocycles. The quantitative estimate of drug-likeness (QED) is 0.542. The summed E-state index contributed by atoms with van der Waals surface area (Å²) in [6.07, 6.45) is -1.24. The zero-order valence-electron chi connectivity index (χ0n) is 15.1. The summed E-state index contributed by atoms with van der Waals surface area (Å²) in [7, 11) is 0. The summed E-state index contributed by atoms with van der Waals surface area (Å²) in [5.41, 5.74) is 0.308. The number of hydrogen-bond acceptors (Lipinski definition) is 7. The zero-order valence-corrected chi connectivity index (χ0v) is 17.4. The van der Waals surface area contributed by atoms with Crippen LogP contribution in [0.15, 0.2) is 44.9 Å². The van der Waals surface area contributed by atoms with Crippen molar-refractivity contribution in [1.82, 2.24) is 9.78 Å². The second kappa shape index (κ2) is 9.25. The largest absolute Gasteiger partial charge is 0.452 e. The summed E-state index contributed by atoms with van der Waals surface area (Å²) in [5.74, 6) is -1.73. The van der Waals surface area contributed by atoms with Gasteiger partial charge in [-0.05, 0) is 36.6 Å². The second-order valence-electron chi connectivity index (χ2n) is 5.87. The van der Waals surface area contributed by atoms with E-state index in [2.05, 4.69) is 10.4 Å². The van der Waals surface area contributed by atoms with Gasteiger partial charge in [-0.15, -0.1) is 16.4 Å². The van der Waals surface area contributed by atoms with Crippen molar-refractivity contribution in [1.29, 1.82) is 0 Å². The van der Waals surface area contributed by atoms with Crippen LogP contribution in [0, 0.1) is 0 Å². The first-order valence-electron chi connectivity index (χ1n) is 8.40. The molecular weight excluding hydrogens is 441 g/mol. The van der Waals surface area contributed by atoms with Crippen LogP contribution in [0.3, 0.4) is 0 Å². The predicted molar refractivity (Wildman–Crippen MR) is 109 cm³/mol. The number of benzene rings is 1. The number of nitrogens with zero attached hydrogens (tertiary/aromatic N) is 2. The molecule has 0 aliphatic heterocycles. The van der Waals surface area contributed by atoms with E-state index in [9.17, 15) is 14.4 Å². The lowest BCUT2D eigenvalue weighted by atomic mass is 10.3. The van der Waals surface area contributed by atoms with Gasteiger partial charge in [0, 0.05) is 5.02 Å². The topological polar surface area (TPSA) is 103 Å². The number of carbonyl (C=O) groups excluding carboxylic acids is 2. The van der Waals surface area contributed by atoms with Crippen molar-refractivity contribution in [3.63, 3.8) is 0 Å². The second-order valence-corrected chi connectivity index (χ2v) is 7.66. The number of anilines is 1. The summed E-state index contributed by atoms with van der Waals surface area (Å²) in [4.78, 5) is 36.8. The highest BCUT2D eigenvalue weighted by Gasteiger charge is 2.20. The minimum atomic E-state index is -1.08. The maximum absolute atomic E-state index is 12.2. The molecule has 0 aliphatic rings. The third kappa shape index (κ3) is 5.47. The molecule has 1 amide bonds. The highest BCUT2D eigenvalue weighted by atomic mass is 35.5. The first-order chi connectivity index (χ1) is 13.8. The van der Waals surface area contributed by atoms with Crippen LogP contribution in [0.4, 0.5) is 5.69 Å². The summed E-state index contributed by atoms with van der Waals surface area (Å²) in [6, 6.07) is 8.17. The third-order valence-electron chi connectivity index (χ3n) is 3.73. The van der Waals surface area contributed by atoms with Crippen LogP contribution in [-0.4, -0.2) is 27.8 Å². The number of ether oxygens (including phenoxy) is 1. The van der Waals surface area contributed by atoms with Crippen LogP contribution in [0.25, 0.3) is 10.8 Å². The molecule has 1 N–H and O–H groups in total. The van der Waals surface area contributed by atoms with Crippen molar-refractivity contribution in [2.24, 2.45) is 0 Å². The van der Waals surface area contributed by atoms with E-state index in [-0.39, 0.29) is 18.9 Å². The van der Waals surface area contributed by atoms with Crippen molar-refractivity contribution in [3.05, 3.63) is 56.3 Å². The number of hydrogen-bond donors (Lipinski definition) is 1. The number of esters is 1. The van der Waals surface area contributed by atoms with Crippen LogP contribution in [-0.2, 0) is 20.9 Å². The Labute approximate surface area is 179 Å². The molecule has 0 bridgehead atoms. The van der Waals surface area contributed by atoms with E-state index in [1.807, 2.05) is 5.38 Å². The Morgan fingerprint density at radius 1 is 1.34 bits per heavy atom. The third-order valence-corrected chi connectivity index (χ3v) is 5.15. The fraction of sp³-hybridized carbons (Fsp3) is 0.222. The lowest BCUT2D eigenvalue weighted by Gasteiger charge is -2.14. The van der Waals surface area contributed by atoms with Gasteiger partial charge in [0.2, 0.25) is 0 Å². The normalized spacial score (nSPS) is 11.8. The van der Waals surface area contributed by atoms with E-state index in [0.717, 1.165) is 4.68 Å². The molecule has 152 valence electrons. The lowest BCUT2D eigenvalue weighted by Crippen LogP contribution is -2.30. The molecule has 2 aromatic heterocycles. The zero-order chi connectivity index (χ0) is 21.0. The van der Waals surface area contributed by atoms with Gasteiger partial charge in [-0.25, -0.2) is 4.79 Å². The van der Waals surface area contributed by atoms with Crippen LogP contribution in [0.1, 0.15) is 13.3 Å². The molecule has 11 heteroatoms. The molecule has 0 aliphatic carbocycles. The molecule has 1 unspecified atom stereocenters. The minimum absolute atomic E-state index is 0.0407. The lowest BCUT2D eigenvalue weighted by molar-refractivity contribution is -0.153. The van der Waals surface area contributed by atoms with Crippen molar-refractivity contribution < 1.29 is 18.7 Å². The molecule has 1 atom stereocenters. The molecule has 8 nitrogen and oxygen atoms in total. The Kier molecular flexibility index (Phi) is 6.73. The molecule has 3 aromatic rings. The van der Waals surface area contributed by atoms with Crippen molar-refractivity contribution in [2.45, 2.75) is 26.0 Å². The predicted octanol–water partition coefficient (Wildman–Crippen LogP) is 3.83. The molecular formula is C18H15Cl2N3O5S. The van der Waals surface area contributed by atoms with Crippen LogP contribution in [0.2, 0.25) is 10.0 Å². The summed E-state index contributed by atoms with van der Waals surface area (Å²) < 4.78 is 11.2. The first kappa shape index (κ1) is 21.1. The van der Waals surface area contributed by atoms with Gasteiger partial charge in [0.25, 0.3) is 11.8 Å². The van der Waals surface area contributed by atoms with Gasteiger partial charge < -0.3 is 14.5 Å². The van der Waals surface area contributed by atoms with E-state index in [4.69, 9.17) is 32.4 Å². The van der Waals surface area contributed by atoms with Crippen molar-refractivity contribution >= 4 is 52.1 Å². The average molecular weight is 456 g/mol. The number of carbonyl (C=O) groups is 2. The van der Waals surface area contributed by atoms with Crippen LogP contribution < -0.4 is 11.1 Å². The van der Waals surface area contributed by atoms with Crippen LogP contribution in [0.5, 0.6) is 0 Å². The Balaban J connectivity index is 1.53. The highest BCUT2D eigenvalue weighted by Crippen LogP contribution is 2.25. The number of nitrogens with one attached hydrogen (secondary N) is 1. The Bertz CT molecular complexity index is 1080. The Morgan fingerprint density at radius 3 is 2.86 bits per heavy atom. The van der Waals surface area contributed by atoms with Crippen LogP contribution >= 0.6 is 34.5 Å². The summed E-state index contributed by atoms with van der Waals surface area (Å²) in [5, 5.41) is 9.11. The van der Waals surface area contributed by atoms with Gasteiger partial charge in [0.05, 0.1) is 28.6 Å². The number of aromatic nitrogens is 2. The van der Waals surface area contributed by atoms with E-state index in [0.29, 0.717) is 20.6 Å². The fourth-order valence-corrected chi connectivity index (χ4v) is 3.26. The molecule has 2 heterocycles. The van der Waals surface area contributed by atoms with E-state index >= 15 is 0 Å². The van der Waals surface area contributed by atoms with Gasteiger partial charge in [-0.2, -0.15) is 4.68 Å². The van der Waals surface area contributed by atoms with Crippen molar-refractivity contribution in [3.8, 4) is 10.8 Å². The highest BCUT2D eigenvalue weighted by molar-refractivity contribution is 7.13. The molecule has 0 fully saturated rings. The van der Waals surface area contributed by atoms with E-state index < -0.39 is 23.7 Å².